The number of piperidine rings is 1. The maximum absolute atomic E-state index is 10.6. The van der Waals surface area contributed by atoms with Gasteiger partial charge in [0.1, 0.15) is 0 Å². The number of rotatable bonds is 4. The highest BCUT2D eigenvalue weighted by Crippen LogP contribution is 2.20. The van der Waals surface area contributed by atoms with Crippen LogP contribution in [0.15, 0.2) is 0 Å². The van der Waals surface area contributed by atoms with Crippen molar-refractivity contribution in [3.05, 3.63) is 0 Å². The number of hydrogen-bond donors (Lipinski definition) is 1. The van der Waals surface area contributed by atoms with Crippen molar-refractivity contribution in [2.24, 2.45) is 11.8 Å². The number of carboxylic acids is 1. The predicted octanol–water partition coefficient (Wildman–Crippen LogP) is 1.83. The van der Waals surface area contributed by atoms with Crippen molar-refractivity contribution in [3.63, 3.8) is 0 Å². The molecule has 0 saturated carbocycles. The SMILES string of the molecule is CC(C)CN1CCC[C@H](CC(=O)O)C1. The van der Waals surface area contributed by atoms with Crippen LogP contribution in [-0.2, 0) is 4.79 Å². The van der Waals surface area contributed by atoms with Crippen LogP contribution in [-0.4, -0.2) is 35.6 Å². The lowest BCUT2D eigenvalue weighted by atomic mass is 9.94. The molecule has 3 nitrogen and oxygen atoms in total. The van der Waals surface area contributed by atoms with Crippen LogP contribution in [0.5, 0.6) is 0 Å². The summed E-state index contributed by atoms with van der Waals surface area (Å²) in [7, 11) is 0. The molecule has 0 aromatic rings. The molecule has 0 aromatic carbocycles. The van der Waals surface area contributed by atoms with Gasteiger partial charge in [0.15, 0.2) is 0 Å². The van der Waals surface area contributed by atoms with Gasteiger partial charge in [0.2, 0.25) is 0 Å². The summed E-state index contributed by atoms with van der Waals surface area (Å²) in [5.41, 5.74) is 0. The molecule has 0 unspecified atom stereocenters. The van der Waals surface area contributed by atoms with Crippen LogP contribution in [0.25, 0.3) is 0 Å². The first kappa shape index (κ1) is 11.5. The minimum Gasteiger partial charge on any atom is -0.481 e. The maximum Gasteiger partial charge on any atom is 0.303 e. The lowest BCUT2D eigenvalue weighted by Crippen LogP contribution is -2.38. The van der Waals surface area contributed by atoms with Crippen LogP contribution in [0.4, 0.5) is 0 Å². The summed E-state index contributed by atoms with van der Waals surface area (Å²) < 4.78 is 0. The fraction of sp³-hybridized carbons (Fsp3) is 0.909. The van der Waals surface area contributed by atoms with Crippen molar-refractivity contribution < 1.29 is 9.90 Å². The Morgan fingerprint density at radius 2 is 2.29 bits per heavy atom. The molecule has 1 fully saturated rings. The van der Waals surface area contributed by atoms with Crippen molar-refractivity contribution in [2.45, 2.75) is 33.1 Å². The van der Waals surface area contributed by atoms with Gasteiger partial charge in [-0.25, -0.2) is 0 Å². The van der Waals surface area contributed by atoms with E-state index < -0.39 is 5.97 Å². The third-order valence-corrected chi connectivity index (χ3v) is 2.69. The van der Waals surface area contributed by atoms with Gasteiger partial charge in [-0.1, -0.05) is 13.8 Å². The number of carboxylic acid groups (broad SMARTS) is 1. The third-order valence-electron chi connectivity index (χ3n) is 2.69. The minimum atomic E-state index is -0.651. The van der Waals surface area contributed by atoms with Crippen LogP contribution < -0.4 is 0 Å². The summed E-state index contributed by atoms with van der Waals surface area (Å²) in [6, 6.07) is 0. The lowest BCUT2D eigenvalue weighted by molar-refractivity contribution is -0.138. The van der Waals surface area contributed by atoms with Crippen molar-refractivity contribution in [3.8, 4) is 0 Å². The summed E-state index contributed by atoms with van der Waals surface area (Å²) in [5.74, 6) is 0.403. The second kappa shape index (κ2) is 5.35. The normalized spacial score (nSPS) is 24.1. The van der Waals surface area contributed by atoms with Gasteiger partial charge >= 0.3 is 5.97 Å². The van der Waals surface area contributed by atoms with Crippen LogP contribution in [0, 0.1) is 11.8 Å². The molecule has 0 aromatic heterocycles. The molecule has 14 heavy (non-hydrogen) atoms. The smallest absolute Gasteiger partial charge is 0.303 e. The first-order valence-corrected chi connectivity index (χ1v) is 5.52. The summed E-state index contributed by atoms with van der Waals surface area (Å²) in [4.78, 5) is 13.0. The lowest BCUT2D eigenvalue weighted by Gasteiger charge is -2.33. The Morgan fingerprint density at radius 3 is 2.86 bits per heavy atom. The first-order chi connectivity index (χ1) is 6.58. The molecular formula is C11H21NO2. The van der Waals surface area contributed by atoms with Gasteiger partial charge in [-0.2, -0.15) is 0 Å². The Morgan fingerprint density at radius 1 is 1.57 bits per heavy atom. The summed E-state index contributed by atoms with van der Waals surface area (Å²) >= 11 is 0. The van der Waals surface area contributed by atoms with Gasteiger partial charge in [0.25, 0.3) is 0 Å². The zero-order chi connectivity index (χ0) is 10.6. The molecule has 1 rings (SSSR count). The van der Waals surface area contributed by atoms with Gasteiger partial charge in [-0.3, -0.25) is 4.79 Å². The topological polar surface area (TPSA) is 40.5 Å². The van der Waals surface area contributed by atoms with Crippen molar-refractivity contribution in [1.29, 1.82) is 0 Å². The van der Waals surface area contributed by atoms with Crippen molar-refractivity contribution >= 4 is 5.97 Å². The Labute approximate surface area is 86.1 Å². The average Bonchev–Trinajstić information content (AvgIpc) is 2.01. The van der Waals surface area contributed by atoms with E-state index in [9.17, 15) is 4.79 Å². The third kappa shape index (κ3) is 4.09. The van der Waals surface area contributed by atoms with E-state index in [0.29, 0.717) is 18.3 Å². The number of aliphatic carboxylic acids is 1. The van der Waals surface area contributed by atoms with E-state index in [2.05, 4.69) is 18.7 Å². The molecule has 3 heteroatoms. The quantitative estimate of drug-likeness (QED) is 0.751. The zero-order valence-corrected chi connectivity index (χ0v) is 9.20. The highest BCUT2D eigenvalue weighted by molar-refractivity contribution is 5.67. The average molecular weight is 199 g/mol. The molecule has 0 aliphatic carbocycles. The van der Waals surface area contributed by atoms with Gasteiger partial charge < -0.3 is 10.0 Å². The summed E-state index contributed by atoms with van der Waals surface area (Å²) in [6.45, 7) is 7.65. The Kier molecular flexibility index (Phi) is 4.39. The van der Waals surface area contributed by atoms with E-state index in [4.69, 9.17) is 5.11 Å². The highest BCUT2D eigenvalue weighted by atomic mass is 16.4. The highest BCUT2D eigenvalue weighted by Gasteiger charge is 2.21. The second-order valence-electron chi connectivity index (χ2n) is 4.76. The largest absolute Gasteiger partial charge is 0.481 e. The monoisotopic (exact) mass is 199 g/mol. The van der Waals surface area contributed by atoms with E-state index in [1.54, 1.807) is 0 Å². The standard InChI is InChI=1S/C11H21NO2/c1-9(2)7-12-5-3-4-10(8-12)6-11(13)14/h9-10H,3-8H2,1-2H3,(H,13,14)/t10-/m1/s1. The zero-order valence-electron chi connectivity index (χ0n) is 9.20. The molecule has 1 N–H and O–H groups in total. The van der Waals surface area contributed by atoms with E-state index in [-0.39, 0.29) is 0 Å². The van der Waals surface area contributed by atoms with Crippen molar-refractivity contribution in [1.82, 2.24) is 4.90 Å². The maximum atomic E-state index is 10.6. The van der Waals surface area contributed by atoms with E-state index in [0.717, 1.165) is 32.5 Å². The van der Waals surface area contributed by atoms with Crippen LogP contribution in [0.3, 0.4) is 0 Å². The van der Waals surface area contributed by atoms with E-state index in [1.807, 2.05) is 0 Å². The van der Waals surface area contributed by atoms with Gasteiger partial charge in [-0.05, 0) is 31.2 Å². The molecule has 0 spiro atoms. The van der Waals surface area contributed by atoms with Crippen LogP contribution in [0.1, 0.15) is 33.1 Å². The summed E-state index contributed by atoms with van der Waals surface area (Å²) in [6.07, 6.45) is 2.58. The number of hydrogen-bond acceptors (Lipinski definition) is 2. The summed E-state index contributed by atoms with van der Waals surface area (Å²) in [5, 5.41) is 8.72. The molecular weight excluding hydrogens is 178 g/mol. The molecule has 1 saturated heterocycles. The van der Waals surface area contributed by atoms with Gasteiger partial charge in [0.05, 0.1) is 0 Å². The van der Waals surface area contributed by atoms with Crippen LogP contribution in [0.2, 0.25) is 0 Å². The van der Waals surface area contributed by atoms with E-state index >= 15 is 0 Å². The molecule has 0 radical (unpaired) electrons. The van der Waals surface area contributed by atoms with Gasteiger partial charge in [0, 0.05) is 19.5 Å². The number of nitrogens with zero attached hydrogens (tertiary/aromatic N) is 1. The Bertz CT molecular complexity index is 192. The molecule has 1 atom stereocenters. The van der Waals surface area contributed by atoms with Crippen molar-refractivity contribution in [2.75, 3.05) is 19.6 Å². The first-order valence-electron chi connectivity index (χ1n) is 5.52. The number of carbonyl (C=O) groups is 1. The molecule has 0 amide bonds. The molecule has 1 heterocycles. The molecule has 82 valence electrons. The fourth-order valence-electron chi connectivity index (χ4n) is 2.25. The van der Waals surface area contributed by atoms with Gasteiger partial charge in [-0.15, -0.1) is 0 Å². The Balaban J connectivity index is 2.32. The molecule has 1 aliphatic heterocycles. The van der Waals surface area contributed by atoms with E-state index in [1.165, 1.54) is 0 Å². The second-order valence-corrected chi connectivity index (χ2v) is 4.76. The molecule has 1 aliphatic rings. The number of likely N-dealkylation sites (tertiary alicyclic amines) is 1. The Hall–Kier alpha value is -0.570. The molecule has 0 bridgehead atoms. The fourth-order valence-corrected chi connectivity index (χ4v) is 2.25. The minimum absolute atomic E-state index is 0.342. The van der Waals surface area contributed by atoms with Crippen LogP contribution >= 0.6 is 0 Å². The predicted molar refractivity (Wildman–Crippen MR) is 56.3 cm³/mol.